The van der Waals surface area contributed by atoms with Gasteiger partial charge in [-0.3, -0.25) is 4.79 Å². The summed E-state index contributed by atoms with van der Waals surface area (Å²) in [6.45, 7) is 13.7. The van der Waals surface area contributed by atoms with Crippen LogP contribution in [0.4, 0.5) is 0 Å². The Morgan fingerprint density at radius 2 is 1.91 bits per heavy atom. The zero-order valence-corrected chi connectivity index (χ0v) is 20.2. The quantitative estimate of drug-likeness (QED) is 0.358. The van der Waals surface area contributed by atoms with Gasteiger partial charge >= 0.3 is 0 Å². The van der Waals surface area contributed by atoms with Gasteiger partial charge in [0, 0.05) is 23.2 Å². The van der Waals surface area contributed by atoms with E-state index in [-0.39, 0.29) is 30.1 Å². The molecule has 0 spiro atoms. The smallest absolute Gasteiger partial charge is 0.147 e. The number of Topliss-reactive ketones (excluding diaryl/α,β-unsaturated/α-hetero) is 1. The van der Waals surface area contributed by atoms with E-state index in [0.717, 1.165) is 24.8 Å². The predicted octanol–water partition coefficient (Wildman–Crippen LogP) is 5.54. The van der Waals surface area contributed by atoms with Crippen LogP contribution in [0.3, 0.4) is 0 Å². The number of aliphatic hydroxyl groups excluding tert-OH is 1. The fourth-order valence-corrected chi connectivity index (χ4v) is 7.54. The van der Waals surface area contributed by atoms with Gasteiger partial charge in [0.1, 0.15) is 12.6 Å². The molecule has 1 N–H and O–H groups in total. The molecule has 1 aromatic rings. The molecule has 3 fully saturated rings. The molecular weight excluding hydrogens is 400 g/mol. The van der Waals surface area contributed by atoms with Gasteiger partial charge < -0.3 is 14.6 Å². The average molecular weight is 441 g/mol. The van der Waals surface area contributed by atoms with Gasteiger partial charge in [-0.15, -0.1) is 6.58 Å². The molecule has 3 aliphatic carbocycles. The number of aliphatic hydroxyl groups is 1. The largest absolute Gasteiger partial charge is 0.392 e. The Morgan fingerprint density at radius 3 is 2.59 bits per heavy atom. The van der Waals surface area contributed by atoms with E-state index in [9.17, 15) is 9.90 Å². The predicted molar refractivity (Wildman–Crippen MR) is 126 cm³/mol. The lowest BCUT2D eigenvalue weighted by molar-refractivity contribution is -0.218. The number of hydrogen-bond acceptors (Lipinski definition) is 4. The first-order valence-electron chi connectivity index (χ1n) is 12.3. The van der Waals surface area contributed by atoms with Crippen molar-refractivity contribution in [3.63, 3.8) is 0 Å². The van der Waals surface area contributed by atoms with Gasteiger partial charge in [-0.05, 0) is 48.5 Å². The van der Waals surface area contributed by atoms with Gasteiger partial charge in [-0.1, -0.05) is 64.1 Å². The number of benzene rings is 1. The van der Waals surface area contributed by atoms with Crippen LogP contribution in [0.25, 0.3) is 0 Å². The van der Waals surface area contributed by atoms with E-state index in [0.29, 0.717) is 31.1 Å². The Balaban J connectivity index is 1.63. The van der Waals surface area contributed by atoms with Crippen LogP contribution in [0.15, 0.2) is 43.0 Å². The second-order valence-corrected chi connectivity index (χ2v) is 11.2. The number of rotatable bonds is 6. The van der Waals surface area contributed by atoms with Crippen molar-refractivity contribution in [1.29, 1.82) is 0 Å². The summed E-state index contributed by atoms with van der Waals surface area (Å²) in [4.78, 5) is 13.3. The van der Waals surface area contributed by atoms with Crippen LogP contribution in [-0.2, 0) is 20.9 Å². The minimum atomic E-state index is -0.573. The van der Waals surface area contributed by atoms with Crippen LogP contribution in [0, 0.1) is 34.0 Å². The summed E-state index contributed by atoms with van der Waals surface area (Å²) in [5.74, 6) is 0.716. The molecule has 176 valence electrons. The Morgan fingerprint density at radius 1 is 1.19 bits per heavy atom. The van der Waals surface area contributed by atoms with Crippen LogP contribution in [-0.4, -0.2) is 29.9 Å². The first-order chi connectivity index (χ1) is 15.2. The maximum Gasteiger partial charge on any atom is 0.147 e. The molecule has 32 heavy (non-hydrogen) atoms. The summed E-state index contributed by atoms with van der Waals surface area (Å²) < 4.78 is 12.4. The third kappa shape index (κ3) is 3.59. The summed E-state index contributed by atoms with van der Waals surface area (Å²) in [5, 5.41) is 11.6. The molecule has 8 atom stereocenters. The summed E-state index contributed by atoms with van der Waals surface area (Å²) in [6, 6.07) is 10.1. The lowest BCUT2D eigenvalue weighted by Gasteiger charge is -2.62. The van der Waals surface area contributed by atoms with Crippen molar-refractivity contribution in [1.82, 2.24) is 0 Å². The molecule has 3 aliphatic rings. The van der Waals surface area contributed by atoms with Crippen molar-refractivity contribution < 1.29 is 19.4 Å². The van der Waals surface area contributed by atoms with Crippen LogP contribution in [0.5, 0.6) is 0 Å². The number of carbonyl (C=O) groups is 1. The minimum absolute atomic E-state index is 0.102. The molecule has 0 radical (unpaired) electrons. The Kier molecular flexibility index (Phi) is 6.43. The molecule has 1 unspecified atom stereocenters. The van der Waals surface area contributed by atoms with E-state index in [4.69, 9.17) is 9.47 Å². The van der Waals surface area contributed by atoms with Crippen LogP contribution < -0.4 is 0 Å². The molecule has 0 heterocycles. The van der Waals surface area contributed by atoms with Crippen LogP contribution in [0.1, 0.15) is 65.4 Å². The number of ketones is 1. The normalized spacial score (nSPS) is 43.9. The van der Waals surface area contributed by atoms with E-state index in [2.05, 4.69) is 34.3 Å². The Hall–Kier alpha value is -1.49. The SMILES string of the molecule is C=C[C@]1(C)C[C@@H](O)[C@@]2(C)C3C(=O)CC[C@@]3(CC[C@H]2C)[C@@H](C)[C@@H]1OCOCc1ccccc1. The highest BCUT2D eigenvalue weighted by atomic mass is 16.7. The molecule has 3 saturated carbocycles. The van der Waals surface area contributed by atoms with Crippen molar-refractivity contribution in [2.24, 2.45) is 34.0 Å². The second-order valence-electron chi connectivity index (χ2n) is 11.2. The molecule has 4 heteroatoms. The van der Waals surface area contributed by atoms with Gasteiger partial charge in [0.15, 0.2) is 0 Å². The Bertz CT molecular complexity index is 837. The standard InChI is InChI=1S/C28H40O4/c1-6-26(4)16-23(30)27(5)19(2)12-14-28(15-13-22(29)24(27)28)20(3)25(26)32-18-31-17-21-10-8-7-9-11-21/h6-11,19-20,23-25,30H,1,12-18H2,2-5H3/t19-,20+,23-,24?,25+,26-,27+,28+/m1/s1. The lowest BCUT2D eigenvalue weighted by atomic mass is 9.44. The first kappa shape index (κ1) is 23.7. The number of ether oxygens (including phenoxy) is 2. The molecule has 2 bridgehead atoms. The monoisotopic (exact) mass is 440 g/mol. The van der Waals surface area contributed by atoms with E-state index in [1.165, 1.54) is 0 Å². The van der Waals surface area contributed by atoms with Crippen molar-refractivity contribution in [3.8, 4) is 0 Å². The second kappa shape index (κ2) is 8.70. The molecule has 4 rings (SSSR count). The maximum absolute atomic E-state index is 13.3. The zero-order chi connectivity index (χ0) is 23.1. The third-order valence-corrected chi connectivity index (χ3v) is 9.73. The number of hydrogen-bond donors (Lipinski definition) is 1. The summed E-state index contributed by atoms with van der Waals surface area (Å²) in [6.07, 6.45) is 5.34. The highest BCUT2D eigenvalue weighted by molar-refractivity contribution is 5.85. The van der Waals surface area contributed by atoms with Gasteiger partial charge in [-0.25, -0.2) is 0 Å². The third-order valence-electron chi connectivity index (χ3n) is 9.73. The summed E-state index contributed by atoms with van der Waals surface area (Å²) in [7, 11) is 0. The molecular formula is C28H40O4. The van der Waals surface area contributed by atoms with Crippen LogP contribution in [0.2, 0.25) is 0 Å². The van der Waals surface area contributed by atoms with Crippen molar-refractivity contribution in [2.75, 3.05) is 6.79 Å². The fraction of sp³-hybridized carbons (Fsp3) is 0.679. The zero-order valence-electron chi connectivity index (χ0n) is 20.2. The van der Waals surface area contributed by atoms with Gasteiger partial charge in [-0.2, -0.15) is 0 Å². The molecule has 0 aliphatic heterocycles. The topological polar surface area (TPSA) is 55.8 Å². The highest BCUT2D eigenvalue weighted by Gasteiger charge is 2.67. The van der Waals surface area contributed by atoms with Crippen molar-refractivity contribution >= 4 is 5.78 Å². The van der Waals surface area contributed by atoms with Crippen molar-refractivity contribution in [3.05, 3.63) is 48.6 Å². The summed E-state index contributed by atoms with van der Waals surface area (Å²) >= 11 is 0. The van der Waals surface area contributed by atoms with Crippen LogP contribution >= 0.6 is 0 Å². The maximum atomic E-state index is 13.3. The van der Waals surface area contributed by atoms with E-state index < -0.39 is 16.9 Å². The molecule has 1 aromatic carbocycles. The highest BCUT2D eigenvalue weighted by Crippen LogP contribution is 2.67. The van der Waals surface area contributed by atoms with E-state index in [1.54, 1.807) is 0 Å². The molecule has 0 aromatic heterocycles. The van der Waals surface area contributed by atoms with Gasteiger partial charge in [0.05, 0.1) is 18.8 Å². The summed E-state index contributed by atoms with van der Waals surface area (Å²) in [5.41, 5.74) is 0.171. The van der Waals surface area contributed by atoms with E-state index >= 15 is 0 Å². The van der Waals surface area contributed by atoms with Crippen molar-refractivity contribution in [2.45, 2.75) is 78.6 Å². The van der Waals surface area contributed by atoms with E-state index in [1.807, 2.05) is 36.4 Å². The fourth-order valence-electron chi connectivity index (χ4n) is 7.54. The first-order valence-corrected chi connectivity index (χ1v) is 12.3. The number of carbonyl (C=O) groups excluding carboxylic acids is 1. The average Bonchev–Trinajstić information content (AvgIpc) is 3.14. The molecule has 4 nitrogen and oxygen atoms in total. The molecule has 0 amide bonds. The molecule has 0 saturated heterocycles. The van der Waals surface area contributed by atoms with Gasteiger partial charge in [0.2, 0.25) is 0 Å². The minimum Gasteiger partial charge on any atom is -0.392 e. The van der Waals surface area contributed by atoms with Gasteiger partial charge in [0.25, 0.3) is 0 Å². The lowest BCUT2D eigenvalue weighted by Crippen LogP contribution is -2.62. The Labute approximate surface area is 193 Å².